The van der Waals surface area contributed by atoms with Crippen LogP contribution in [0.2, 0.25) is 0 Å². The average molecular weight is 343 g/mol. The van der Waals surface area contributed by atoms with E-state index in [1.807, 2.05) is 12.1 Å². The summed E-state index contributed by atoms with van der Waals surface area (Å²) < 4.78 is 10.4. The first kappa shape index (κ1) is 15.6. The summed E-state index contributed by atoms with van der Waals surface area (Å²) in [5.74, 6) is 3.60. The molecule has 0 radical (unpaired) electrons. The molecule has 3 aliphatic rings. The number of methoxy groups -OCH3 is 2. The highest BCUT2D eigenvalue weighted by atomic mass is 31.1. The Labute approximate surface area is 142 Å². The molecule has 0 amide bonds. The molecule has 4 nitrogen and oxygen atoms in total. The van der Waals surface area contributed by atoms with Gasteiger partial charge in [-0.25, -0.2) is 0 Å². The lowest BCUT2D eigenvalue weighted by atomic mass is 9.90. The van der Waals surface area contributed by atoms with E-state index in [4.69, 9.17) is 9.47 Å². The number of benzene rings is 1. The second kappa shape index (κ2) is 6.18. The maximum Gasteiger partial charge on any atom is 0.309 e. The number of hydrogen-bond donors (Lipinski definition) is 1. The molecule has 3 unspecified atom stereocenters. The lowest BCUT2D eigenvalue weighted by molar-refractivity contribution is -0.139. The fourth-order valence-corrected chi connectivity index (χ4v) is 6.82. The van der Waals surface area contributed by atoms with Crippen molar-refractivity contribution in [2.45, 2.75) is 24.8 Å². The van der Waals surface area contributed by atoms with Gasteiger partial charge in [0.1, 0.15) is 5.75 Å². The maximum absolute atomic E-state index is 11.6. The van der Waals surface area contributed by atoms with Crippen LogP contribution in [0.1, 0.15) is 24.3 Å². The highest BCUT2D eigenvalue weighted by molar-refractivity contribution is 7.62. The monoisotopic (exact) mass is 343 g/mol. The molecule has 5 heteroatoms. The number of rotatable bonds is 3. The van der Waals surface area contributed by atoms with Crippen molar-refractivity contribution in [2.24, 2.45) is 0 Å². The van der Waals surface area contributed by atoms with Crippen molar-refractivity contribution in [3.63, 3.8) is 0 Å². The lowest BCUT2D eigenvalue weighted by Crippen LogP contribution is -2.27. The smallest absolute Gasteiger partial charge is 0.309 e. The fraction of sp³-hybridized carbons (Fsp3) is 0.368. The summed E-state index contributed by atoms with van der Waals surface area (Å²) in [7, 11) is 2.53. The van der Waals surface area contributed by atoms with Crippen molar-refractivity contribution in [3.05, 3.63) is 46.8 Å². The molecule has 1 fully saturated rings. The zero-order chi connectivity index (χ0) is 16.7. The third kappa shape index (κ3) is 2.50. The predicted octanol–water partition coefficient (Wildman–Crippen LogP) is 3.38. The molecular weight excluding hydrogens is 321 g/mol. The van der Waals surface area contributed by atoms with Crippen LogP contribution < -0.4 is 10.1 Å². The van der Waals surface area contributed by atoms with Crippen molar-refractivity contribution in [2.75, 3.05) is 25.7 Å². The molecule has 1 saturated heterocycles. The van der Waals surface area contributed by atoms with Crippen LogP contribution in [0.15, 0.2) is 41.2 Å². The van der Waals surface area contributed by atoms with Crippen LogP contribution in [-0.4, -0.2) is 38.2 Å². The number of allylic oxidation sites excluding steroid dienone is 2. The Morgan fingerprint density at radius 1 is 1.38 bits per heavy atom. The van der Waals surface area contributed by atoms with E-state index in [0.29, 0.717) is 18.4 Å². The summed E-state index contributed by atoms with van der Waals surface area (Å²) in [5.41, 5.74) is 3.56. The lowest BCUT2D eigenvalue weighted by Gasteiger charge is -2.33. The Bertz CT molecular complexity index is 794. The van der Waals surface area contributed by atoms with Crippen molar-refractivity contribution >= 4 is 25.0 Å². The summed E-state index contributed by atoms with van der Waals surface area (Å²) >= 11 is 0. The number of anilines is 1. The molecule has 0 aromatic heterocycles. The van der Waals surface area contributed by atoms with Crippen LogP contribution >= 0.6 is 7.55 Å². The molecule has 4 rings (SSSR count). The zero-order valence-corrected chi connectivity index (χ0v) is 15.0. The van der Waals surface area contributed by atoms with Crippen LogP contribution in [-0.2, 0) is 9.53 Å². The Balaban J connectivity index is 1.68. The van der Waals surface area contributed by atoms with Crippen molar-refractivity contribution in [1.82, 2.24) is 0 Å². The number of carbonyl (C=O) groups excluding carboxylic acids is 1. The summed E-state index contributed by atoms with van der Waals surface area (Å²) in [6.07, 6.45) is 7.14. The SMILES string of the molecule is COC(=O)CC1=CC=[PH]2CCC3c4c(cccc4OC)NC3C2=C1. The van der Waals surface area contributed by atoms with E-state index >= 15 is 0 Å². The van der Waals surface area contributed by atoms with Crippen LogP contribution in [0.4, 0.5) is 5.69 Å². The van der Waals surface area contributed by atoms with Crippen LogP contribution in [0.25, 0.3) is 0 Å². The molecule has 3 aliphatic heterocycles. The predicted molar refractivity (Wildman–Crippen MR) is 99.8 cm³/mol. The molecule has 3 atom stereocenters. The minimum atomic E-state index is -0.649. The molecule has 1 aromatic rings. The van der Waals surface area contributed by atoms with Gasteiger partial charge in [0.2, 0.25) is 0 Å². The van der Waals surface area contributed by atoms with Crippen molar-refractivity contribution in [1.29, 1.82) is 0 Å². The first-order valence-corrected chi connectivity index (χ1v) is 10.1. The van der Waals surface area contributed by atoms with Gasteiger partial charge in [-0.05, 0) is 35.6 Å². The average Bonchev–Trinajstić information content (AvgIpc) is 3.00. The summed E-state index contributed by atoms with van der Waals surface area (Å²) in [4.78, 5) is 11.6. The second-order valence-corrected chi connectivity index (χ2v) is 8.94. The Kier molecular flexibility index (Phi) is 4.01. The normalized spacial score (nSPS) is 26.7. The molecule has 3 heterocycles. The standard InChI is InChI=1S/C19H22NO3P/c1-22-15-5-3-4-14-18(15)13-7-9-24-8-6-12(11-17(21)23-2)10-16(24)19(13)20-14/h3-6,8,10,13,19-20,24H,7,9,11H2,1-2H3. The topological polar surface area (TPSA) is 47.6 Å². The molecule has 126 valence electrons. The Morgan fingerprint density at radius 2 is 2.25 bits per heavy atom. The van der Waals surface area contributed by atoms with Gasteiger partial charge in [-0.2, -0.15) is 0 Å². The van der Waals surface area contributed by atoms with Gasteiger partial charge in [-0.3, -0.25) is 4.79 Å². The highest BCUT2D eigenvalue weighted by Crippen LogP contribution is 2.56. The maximum atomic E-state index is 11.6. The van der Waals surface area contributed by atoms with E-state index in [2.05, 4.69) is 29.3 Å². The van der Waals surface area contributed by atoms with E-state index in [-0.39, 0.29) is 5.97 Å². The summed E-state index contributed by atoms with van der Waals surface area (Å²) in [5, 5.41) is 5.19. The first-order valence-electron chi connectivity index (χ1n) is 8.33. The third-order valence-electron chi connectivity index (χ3n) is 5.22. The minimum absolute atomic E-state index is 0.182. The summed E-state index contributed by atoms with van der Waals surface area (Å²) in [6, 6.07) is 6.56. The van der Waals surface area contributed by atoms with Crippen LogP contribution in [0.5, 0.6) is 5.75 Å². The van der Waals surface area contributed by atoms with Gasteiger partial charge in [0.15, 0.2) is 0 Å². The number of carbonyl (C=O) groups is 1. The number of ether oxygens (including phenoxy) is 2. The molecule has 0 aliphatic carbocycles. The largest absolute Gasteiger partial charge is 0.496 e. The van der Waals surface area contributed by atoms with Gasteiger partial charge >= 0.3 is 5.97 Å². The molecular formula is C19H22NO3P. The highest BCUT2D eigenvalue weighted by Gasteiger charge is 2.40. The molecule has 1 N–H and O–H groups in total. The Morgan fingerprint density at radius 3 is 3.04 bits per heavy atom. The molecule has 1 aromatic carbocycles. The zero-order valence-electron chi connectivity index (χ0n) is 14.0. The number of nitrogens with one attached hydrogen (secondary N) is 1. The van der Waals surface area contributed by atoms with Crippen LogP contribution in [0.3, 0.4) is 0 Å². The van der Waals surface area contributed by atoms with Crippen molar-refractivity contribution in [3.8, 4) is 5.75 Å². The number of fused-ring (bicyclic) bond motifs is 5. The van der Waals surface area contributed by atoms with Gasteiger partial charge < -0.3 is 14.8 Å². The number of hydrogen-bond acceptors (Lipinski definition) is 4. The fourth-order valence-electron chi connectivity index (χ4n) is 4.09. The number of esters is 1. The van der Waals surface area contributed by atoms with Gasteiger partial charge in [-0.1, -0.05) is 31.6 Å². The van der Waals surface area contributed by atoms with Gasteiger partial charge in [0.05, 0.1) is 26.7 Å². The van der Waals surface area contributed by atoms with Crippen LogP contribution in [0, 0.1) is 0 Å². The van der Waals surface area contributed by atoms with Gasteiger partial charge in [-0.15, -0.1) is 0 Å². The van der Waals surface area contributed by atoms with E-state index in [1.165, 1.54) is 36.3 Å². The van der Waals surface area contributed by atoms with E-state index < -0.39 is 7.55 Å². The second-order valence-electron chi connectivity index (χ2n) is 6.47. The van der Waals surface area contributed by atoms with Gasteiger partial charge in [0, 0.05) is 17.2 Å². The molecule has 0 saturated carbocycles. The van der Waals surface area contributed by atoms with E-state index in [9.17, 15) is 4.79 Å². The molecule has 0 bridgehead atoms. The molecule has 0 spiro atoms. The first-order chi connectivity index (χ1) is 11.7. The van der Waals surface area contributed by atoms with E-state index in [1.54, 1.807) is 7.11 Å². The quantitative estimate of drug-likeness (QED) is 0.675. The van der Waals surface area contributed by atoms with E-state index in [0.717, 1.165) is 11.3 Å². The van der Waals surface area contributed by atoms with Crippen molar-refractivity contribution < 1.29 is 14.3 Å². The minimum Gasteiger partial charge on any atom is -0.496 e. The van der Waals surface area contributed by atoms with Gasteiger partial charge in [0.25, 0.3) is 0 Å². The Hall–Kier alpha value is -1.93. The third-order valence-corrected chi connectivity index (χ3v) is 7.81. The molecule has 24 heavy (non-hydrogen) atoms. The summed E-state index contributed by atoms with van der Waals surface area (Å²) in [6.45, 7) is 0.